The van der Waals surface area contributed by atoms with Crippen LogP contribution in [-0.2, 0) is 4.79 Å². The highest BCUT2D eigenvalue weighted by atomic mass is 79.9. The number of fused-ring (bicyclic) bond motifs is 1. The number of rotatable bonds is 5. The lowest BCUT2D eigenvalue weighted by atomic mass is 10.3. The molecule has 3 rings (SSSR count). The van der Waals surface area contributed by atoms with Crippen LogP contribution in [0, 0.1) is 0 Å². The molecule has 0 saturated carbocycles. The van der Waals surface area contributed by atoms with Gasteiger partial charge in [0.2, 0.25) is 0 Å². The van der Waals surface area contributed by atoms with Crippen LogP contribution in [0.1, 0.15) is 0 Å². The zero-order valence-electron chi connectivity index (χ0n) is 12.2. The molecule has 0 unspecified atom stereocenters. The van der Waals surface area contributed by atoms with Crippen molar-refractivity contribution >= 4 is 65.8 Å². The number of aromatic nitrogens is 1. The second-order valence-electron chi connectivity index (χ2n) is 4.76. The van der Waals surface area contributed by atoms with Crippen molar-refractivity contribution in [1.29, 1.82) is 0 Å². The van der Waals surface area contributed by atoms with Crippen molar-refractivity contribution in [3.05, 3.63) is 45.9 Å². The Morgan fingerprint density at radius 1 is 1.33 bits per heavy atom. The number of amides is 1. The van der Waals surface area contributed by atoms with Gasteiger partial charge in [0.15, 0.2) is 11.7 Å². The van der Waals surface area contributed by atoms with Gasteiger partial charge in [0.1, 0.15) is 11.3 Å². The highest BCUT2D eigenvalue weighted by Gasteiger charge is 2.11. The normalized spacial score (nSPS) is 10.6. The van der Waals surface area contributed by atoms with Crippen LogP contribution in [0.2, 0.25) is 5.02 Å². The first-order valence-electron chi connectivity index (χ1n) is 6.80. The van der Waals surface area contributed by atoms with E-state index in [0.717, 1.165) is 9.17 Å². The van der Waals surface area contributed by atoms with Gasteiger partial charge < -0.3 is 10.1 Å². The maximum absolute atomic E-state index is 12.0. The number of thiazole rings is 1. The fourth-order valence-corrected chi connectivity index (χ4v) is 3.42. The zero-order chi connectivity index (χ0) is 17.1. The van der Waals surface area contributed by atoms with E-state index in [0.29, 0.717) is 27.1 Å². The quantitative estimate of drug-likeness (QED) is 0.423. The van der Waals surface area contributed by atoms with Crippen LogP contribution in [0.25, 0.3) is 10.2 Å². The summed E-state index contributed by atoms with van der Waals surface area (Å²) in [6.45, 7) is -0.102. The highest BCUT2D eigenvalue weighted by molar-refractivity contribution is 9.10. The zero-order valence-corrected chi connectivity index (χ0v) is 15.3. The molecule has 4 N–H and O–H groups in total. The molecule has 24 heavy (non-hydrogen) atoms. The van der Waals surface area contributed by atoms with Crippen molar-refractivity contribution in [2.75, 3.05) is 17.3 Å². The monoisotopic (exact) mass is 426 g/mol. The van der Waals surface area contributed by atoms with Crippen molar-refractivity contribution in [1.82, 2.24) is 4.98 Å². The summed E-state index contributed by atoms with van der Waals surface area (Å²) in [5.74, 6) is 5.68. The summed E-state index contributed by atoms with van der Waals surface area (Å²) >= 11 is 10.9. The number of hydrogen-bond acceptors (Lipinski definition) is 6. The molecule has 0 saturated heterocycles. The van der Waals surface area contributed by atoms with Crippen LogP contribution in [0.15, 0.2) is 40.9 Å². The number of nitrogens with one attached hydrogen (secondary N) is 2. The van der Waals surface area contributed by atoms with Gasteiger partial charge in [-0.15, -0.1) is 0 Å². The first-order valence-corrected chi connectivity index (χ1v) is 8.79. The summed E-state index contributed by atoms with van der Waals surface area (Å²) in [5, 5.41) is 3.74. The minimum absolute atomic E-state index is 0.102. The van der Waals surface area contributed by atoms with Crippen molar-refractivity contribution in [3.8, 4) is 5.75 Å². The molecule has 0 radical (unpaired) electrons. The Morgan fingerprint density at radius 2 is 2.08 bits per heavy atom. The molecule has 3 aromatic rings. The molecule has 6 nitrogen and oxygen atoms in total. The Balaban J connectivity index is 1.67. The Hall–Kier alpha value is -1.87. The molecule has 0 aliphatic carbocycles. The van der Waals surface area contributed by atoms with Gasteiger partial charge in [-0.3, -0.25) is 10.2 Å². The van der Waals surface area contributed by atoms with Gasteiger partial charge in [-0.1, -0.05) is 38.9 Å². The molecule has 1 heterocycles. The topological polar surface area (TPSA) is 89.3 Å². The smallest absolute Gasteiger partial charge is 0.262 e. The Kier molecular flexibility index (Phi) is 5.20. The standard InChI is InChI=1S/C15H12BrClN4O2S/c16-8-1-3-10(4-2-8)23-7-13(22)19-9-5-11(17)14-12(6-9)24-15(20-14)21-18/h1-6H,7,18H2,(H,19,22)(H,20,21). The van der Waals surface area contributed by atoms with Gasteiger partial charge in [-0.2, -0.15) is 0 Å². The maximum atomic E-state index is 12.0. The van der Waals surface area contributed by atoms with Crippen LogP contribution in [0.3, 0.4) is 0 Å². The van der Waals surface area contributed by atoms with Gasteiger partial charge in [-0.05, 0) is 36.4 Å². The first kappa shape index (κ1) is 17.0. The predicted octanol–water partition coefficient (Wildman–Crippen LogP) is 4.02. The molecule has 0 aliphatic rings. The second-order valence-corrected chi connectivity index (χ2v) is 7.11. The molecule has 0 fully saturated rings. The Labute approximate surface area is 155 Å². The number of nitrogens with two attached hydrogens (primary N) is 1. The van der Waals surface area contributed by atoms with Gasteiger partial charge in [0, 0.05) is 10.2 Å². The fourth-order valence-electron chi connectivity index (χ4n) is 2.00. The third-order valence-electron chi connectivity index (χ3n) is 3.04. The number of anilines is 2. The molecule has 2 aromatic carbocycles. The van der Waals surface area contributed by atoms with Crippen molar-refractivity contribution in [2.24, 2.45) is 5.84 Å². The number of ether oxygens (including phenoxy) is 1. The largest absolute Gasteiger partial charge is 0.484 e. The van der Waals surface area contributed by atoms with E-state index in [4.69, 9.17) is 22.2 Å². The third kappa shape index (κ3) is 3.96. The summed E-state index contributed by atoms with van der Waals surface area (Å²) in [6.07, 6.45) is 0. The summed E-state index contributed by atoms with van der Waals surface area (Å²) in [5.41, 5.74) is 3.70. The number of benzene rings is 2. The number of carbonyl (C=O) groups is 1. The lowest BCUT2D eigenvalue weighted by molar-refractivity contribution is -0.118. The van der Waals surface area contributed by atoms with Crippen molar-refractivity contribution in [3.63, 3.8) is 0 Å². The van der Waals surface area contributed by atoms with Crippen LogP contribution < -0.4 is 21.3 Å². The molecule has 1 amide bonds. The fraction of sp³-hybridized carbons (Fsp3) is 0.0667. The lowest BCUT2D eigenvalue weighted by Crippen LogP contribution is -2.20. The van der Waals surface area contributed by atoms with Gasteiger partial charge in [-0.25, -0.2) is 10.8 Å². The van der Waals surface area contributed by atoms with E-state index < -0.39 is 0 Å². The number of nitrogens with zero attached hydrogens (tertiary/aromatic N) is 1. The average Bonchev–Trinajstić information content (AvgIpc) is 2.98. The molecule has 124 valence electrons. The van der Waals surface area contributed by atoms with E-state index in [1.807, 2.05) is 12.1 Å². The number of hydrogen-bond donors (Lipinski definition) is 3. The highest BCUT2D eigenvalue weighted by Crippen LogP contribution is 2.33. The van der Waals surface area contributed by atoms with E-state index in [1.165, 1.54) is 11.3 Å². The maximum Gasteiger partial charge on any atom is 0.262 e. The number of nitrogen functional groups attached to an aromatic ring is 1. The molecule has 1 aromatic heterocycles. The van der Waals surface area contributed by atoms with Crippen molar-refractivity contribution < 1.29 is 9.53 Å². The Morgan fingerprint density at radius 3 is 2.79 bits per heavy atom. The van der Waals surface area contributed by atoms with Crippen LogP contribution >= 0.6 is 38.9 Å². The minimum atomic E-state index is -0.282. The lowest BCUT2D eigenvalue weighted by Gasteiger charge is -2.08. The van der Waals surface area contributed by atoms with Crippen molar-refractivity contribution in [2.45, 2.75) is 0 Å². The summed E-state index contributed by atoms with van der Waals surface area (Å²) in [7, 11) is 0. The summed E-state index contributed by atoms with van der Waals surface area (Å²) in [6, 6.07) is 10.7. The molecule has 9 heteroatoms. The summed E-state index contributed by atoms with van der Waals surface area (Å²) < 4.78 is 7.19. The van der Waals surface area contributed by atoms with Gasteiger partial charge in [0.25, 0.3) is 5.91 Å². The van der Waals surface area contributed by atoms with E-state index in [1.54, 1.807) is 24.3 Å². The molecular weight excluding hydrogens is 416 g/mol. The van der Waals surface area contributed by atoms with Crippen LogP contribution in [0.4, 0.5) is 10.8 Å². The molecule has 0 bridgehead atoms. The van der Waals surface area contributed by atoms with E-state index in [2.05, 4.69) is 31.7 Å². The molecule has 0 spiro atoms. The second kappa shape index (κ2) is 7.35. The summed E-state index contributed by atoms with van der Waals surface area (Å²) in [4.78, 5) is 16.3. The SMILES string of the molecule is NNc1nc2c(Cl)cc(NC(=O)COc3ccc(Br)cc3)cc2s1. The number of halogens is 2. The Bertz CT molecular complexity index is 885. The van der Waals surface area contributed by atoms with E-state index in [9.17, 15) is 4.79 Å². The average molecular weight is 428 g/mol. The van der Waals surface area contributed by atoms with Crippen LogP contribution in [-0.4, -0.2) is 17.5 Å². The minimum Gasteiger partial charge on any atom is -0.484 e. The van der Waals surface area contributed by atoms with Gasteiger partial charge in [0.05, 0.1) is 9.72 Å². The van der Waals surface area contributed by atoms with E-state index >= 15 is 0 Å². The first-order chi connectivity index (χ1) is 11.5. The van der Waals surface area contributed by atoms with Gasteiger partial charge >= 0.3 is 0 Å². The molecular formula is C15H12BrClN4O2S. The number of hydrazine groups is 1. The number of carbonyl (C=O) groups excluding carboxylic acids is 1. The molecule has 0 atom stereocenters. The van der Waals surface area contributed by atoms with E-state index in [-0.39, 0.29) is 12.5 Å². The third-order valence-corrected chi connectivity index (χ3v) is 4.79. The van der Waals surface area contributed by atoms with Crippen LogP contribution in [0.5, 0.6) is 5.75 Å². The molecule has 0 aliphatic heterocycles. The predicted molar refractivity (Wildman–Crippen MR) is 101 cm³/mol.